The van der Waals surface area contributed by atoms with Crippen molar-refractivity contribution in [1.29, 1.82) is 0 Å². The maximum absolute atomic E-state index is 13.3. The zero-order chi connectivity index (χ0) is 23.3. The zero-order valence-corrected chi connectivity index (χ0v) is 21.3. The molecule has 3 heterocycles. The van der Waals surface area contributed by atoms with Gasteiger partial charge < -0.3 is 19.9 Å². The SMILES string of the molecule is O=C(Nc1ncc(C(c2ccccc2I)N2CC[C@@H](O)C2)s1)C1(c2ccc3c(c2)OCO3)CC1. The Kier molecular flexibility index (Phi) is 5.75. The van der Waals surface area contributed by atoms with Gasteiger partial charge in [0.15, 0.2) is 16.6 Å². The molecule has 0 radical (unpaired) electrons. The van der Waals surface area contributed by atoms with Gasteiger partial charge in [0.2, 0.25) is 12.7 Å². The van der Waals surface area contributed by atoms with Gasteiger partial charge in [0.1, 0.15) is 0 Å². The number of hydrogen-bond donors (Lipinski definition) is 2. The molecule has 1 saturated carbocycles. The highest BCUT2D eigenvalue weighted by molar-refractivity contribution is 14.1. The van der Waals surface area contributed by atoms with Gasteiger partial charge in [-0.05, 0) is 71.2 Å². The summed E-state index contributed by atoms with van der Waals surface area (Å²) in [5, 5.41) is 13.8. The van der Waals surface area contributed by atoms with E-state index in [0.29, 0.717) is 17.4 Å². The highest BCUT2D eigenvalue weighted by Crippen LogP contribution is 2.51. The number of aliphatic hydroxyl groups excluding tert-OH is 1. The first-order valence-corrected chi connectivity index (χ1v) is 13.3. The molecule has 1 aliphatic carbocycles. The van der Waals surface area contributed by atoms with Gasteiger partial charge in [0, 0.05) is 27.7 Å². The highest BCUT2D eigenvalue weighted by atomic mass is 127. The van der Waals surface area contributed by atoms with Crippen LogP contribution in [0, 0.1) is 3.57 Å². The van der Waals surface area contributed by atoms with Crippen molar-refractivity contribution in [2.45, 2.75) is 36.8 Å². The molecule has 0 spiro atoms. The largest absolute Gasteiger partial charge is 0.454 e. The van der Waals surface area contributed by atoms with Gasteiger partial charge in [-0.25, -0.2) is 4.98 Å². The minimum atomic E-state index is -0.542. The van der Waals surface area contributed by atoms with Crippen LogP contribution in [0.4, 0.5) is 5.13 Å². The normalized spacial score (nSPS) is 21.4. The number of thiazole rings is 1. The van der Waals surface area contributed by atoms with Crippen molar-refractivity contribution in [3.8, 4) is 11.5 Å². The lowest BCUT2D eigenvalue weighted by atomic mass is 9.94. The van der Waals surface area contributed by atoms with E-state index >= 15 is 0 Å². The molecule has 6 rings (SSSR count). The number of fused-ring (bicyclic) bond motifs is 1. The number of carbonyl (C=O) groups is 1. The average Bonchev–Trinajstić information content (AvgIpc) is 3.13. The van der Waals surface area contributed by atoms with Crippen LogP contribution < -0.4 is 14.8 Å². The molecule has 1 aromatic heterocycles. The van der Waals surface area contributed by atoms with E-state index in [1.807, 2.05) is 36.5 Å². The second-order valence-corrected chi connectivity index (χ2v) is 11.3. The van der Waals surface area contributed by atoms with E-state index in [2.05, 4.69) is 49.9 Å². The Labute approximate surface area is 215 Å². The molecule has 2 atom stereocenters. The Morgan fingerprint density at radius 3 is 2.82 bits per heavy atom. The van der Waals surface area contributed by atoms with Crippen LogP contribution in [-0.4, -0.2) is 46.9 Å². The number of aliphatic hydroxyl groups is 1. The number of aromatic nitrogens is 1. The van der Waals surface area contributed by atoms with Gasteiger partial charge in [-0.3, -0.25) is 9.69 Å². The average molecular weight is 589 g/mol. The molecule has 1 unspecified atom stereocenters. The van der Waals surface area contributed by atoms with Crippen molar-refractivity contribution >= 4 is 45.0 Å². The fraction of sp³-hybridized carbons (Fsp3) is 0.360. The van der Waals surface area contributed by atoms with Crippen molar-refractivity contribution in [1.82, 2.24) is 9.88 Å². The summed E-state index contributed by atoms with van der Waals surface area (Å²) in [6.07, 6.45) is 3.91. The molecule has 3 aliphatic rings. The molecule has 2 aromatic carbocycles. The number of likely N-dealkylation sites (tertiary alicyclic amines) is 1. The van der Waals surface area contributed by atoms with E-state index in [9.17, 15) is 9.90 Å². The maximum atomic E-state index is 13.3. The molecule has 7 nitrogen and oxygen atoms in total. The molecule has 1 amide bonds. The van der Waals surface area contributed by atoms with Crippen molar-refractivity contribution in [2.24, 2.45) is 0 Å². The van der Waals surface area contributed by atoms with E-state index in [1.54, 1.807) is 0 Å². The summed E-state index contributed by atoms with van der Waals surface area (Å²) in [5.41, 5.74) is 1.60. The quantitative estimate of drug-likeness (QED) is 0.418. The number of rotatable bonds is 6. The predicted molar refractivity (Wildman–Crippen MR) is 137 cm³/mol. The lowest BCUT2D eigenvalue weighted by Gasteiger charge is -2.27. The summed E-state index contributed by atoms with van der Waals surface area (Å²) < 4.78 is 12.1. The second-order valence-electron chi connectivity index (χ2n) is 9.03. The van der Waals surface area contributed by atoms with E-state index in [1.165, 1.54) is 20.5 Å². The van der Waals surface area contributed by atoms with Crippen LogP contribution in [0.15, 0.2) is 48.7 Å². The third-order valence-electron chi connectivity index (χ3n) is 6.88. The molecule has 3 aromatic rings. The number of hydrogen-bond acceptors (Lipinski definition) is 7. The minimum Gasteiger partial charge on any atom is -0.454 e. The number of halogens is 1. The van der Waals surface area contributed by atoms with Crippen molar-refractivity contribution in [3.63, 3.8) is 0 Å². The lowest BCUT2D eigenvalue weighted by Crippen LogP contribution is -2.28. The molecule has 2 N–H and O–H groups in total. The third-order valence-corrected chi connectivity index (χ3v) is 8.83. The van der Waals surface area contributed by atoms with Gasteiger partial charge >= 0.3 is 0 Å². The molecular formula is C25H24IN3O4S. The first-order valence-electron chi connectivity index (χ1n) is 11.4. The molecule has 34 heavy (non-hydrogen) atoms. The number of nitrogens with zero attached hydrogens (tertiary/aromatic N) is 2. The minimum absolute atomic E-state index is 0.00264. The van der Waals surface area contributed by atoms with Crippen molar-refractivity contribution in [3.05, 3.63) is 68.2 Å². The van der Waals surface area contributed by atoms with Crippen LogP contribution in [0.25, 0.3) is 0 Å². The van der Waals surface area contributed by atoms with Gasteiger partial charge in [-0.15, -0.1) is 0 Å². The van der Waals surface area contributed by atoms with Crippen LogP contribution in [0.1, 0.15) is 41.3 Å². The summed E-state index contributed by atoms with van der Waals surface area (Å²) in [4.78, 5) is 21.3. The first kappa shape index (κ1) is 22.3. The number of carbonyl (C=O) groups excluding carboxylic acids is 1. The number of benzene rings is 2. The van der Waals surface area contributed by atoms with Crippen LogP contribution in [0.5, 0.6) is 11.5 Å². The van der Waals surface area contributed by atoms with Crippen molar-refractivity contribution < 1.29 is 19.4 Å². The molecular weight excluding hydrogens is 565 g/mol. The number of ether oxygens (including phenoxy) is 2. The number of β-amino-alcohol motifs (C(OH)–C–C–N with tert-alkyl or cyclic N) is 1. The fourth-order valence-electron chi connectivity index (χ4n) is 4.88. The summed E-state index contributed by atoms with van der Waals surface area (Å²) in [7, 11) is 0. The molecule has 176 valence electrons. The van der Waals surface area contributed by atoms with E-state index in [-0.39, 0.29) is 24.8 Å². The van der Waals surface area contributed by atoms with Gasteiger partial charge in [-0.2, -0.15) is 0 Å². The lowest BCUT2D eigenvalue weighted by molar-refractivity contribution is -0.118. The summed E-state index contributed by atoms with van der Waals surface area (Å²) in [6, 6.07) is 14.1. The van der Waals surface area contributed by atoms with Crippen LogP contribution in [-0.2, 0) is 10.2 Å². The van der Waals surface area contributed by atoms with E-state index in [4.69, 9.17) is 9.47 Å². The van der Waals surface area contributed by atoms with Gasteiger partial charge in [0.05, 0.1) is 17.6 Å². The summed E-state index contributed by atoms with van der Waals surface area (Å²) in [5.74, 6) is 1.38. The Bertz CT molecular complexity index is 1240. The topological polar surface area (TPSA) is 83.9 Å². The molecule has 9 heteroatoms. The number of amides is 1. The van der Waals surface area contributed by atoms with Gasteiger partial charge in [-0.1, -0.05) is 35.6 Å². The Balaban J connectivity index is 1.25. The van der Waals surface area contributed by atoms with Gasteiger partial charge in [0.25, 0.3) is 0 Å². The molecule has 2 aliphatic heterocycles. The predicted octanol–water partition coefficient (Wildman–Crippen LogP) is 4.30. The fourth-order valence-corrected chi connectivity index (χ4v) is 6.53. The highest BCUT2D eigenvalue weighted by Gasteiger charge is 2.52. The number of nitrogens with one attached hydrogen (secondary N) is 1. The van der Waals surface area contributed by atoms with E-state index < -0.39 is 5.41 Å². The van der Waals surface area contributed by atoms with E-state index in [0.717, 1.165) is 42.0 Å². The monoisotopic (exact) mass is 589 g/mol. The maximum Gasteiger partial charge on any atom is 0.236 e. The molecule has 1 saturated heterocycles. The standard InChI is InChI=1S/C25H24IN3O4S/c26-18-4-2-1-3-17(18)22(29-10-7-16(30)13-29)21-12-27-24(34-21)28-23(31)25(8-9-25)15-5-6-19-20(11-15)33-14-32-19/h1-6,11-12,16,22,30H,7-10,13-14H2,(H,27,28,31)/t16-,22?/m1/s1. The zero-order valence-electron chi connectivity index (χ0n) is 18.4. The summed E-state index contributed by atoms with van der Waals surface area (Å²) >= 11 is 3.87. The smallest absolute Gasteiger partial charge is 0.236 e. The molecule has 0 bridgehead atoms. The van der Waals surface area contributed by atoms with Crippen LogP contribution in [0.3, 0.4) is 0 Å². The second kappa shape index (κ2) is 8.78. The van der Waals surface area contributed by atoms with Crippen LogP contribution in [0.2, 0.25) is 0 Å². The Morgan fingerprint density at radius 2 is 2.06 bits per heavy atom. The van der Waals surface area contributed by atoms with Crippen LogP contribution >= 0.6 is 33.9 Å². The first-order chi connectivity index (χ1) is 16.5. The molecule has 2 fully saturated rings. The Morgan fingerprint density at radius 1 is 1.24 bits per heavy atom. The Hall–Kier alpha value is -2.21. The summed E-state index contributed by atoms with van der Waals surface area (Å²) in [6.45, 7) is 1.67. The number of anilines is 1. The van der Waals surface area contributed by atoms with Crippen molar-refractivity contribution in [2.75, 3.05) is 25.2 Å². The third kappa shape index (κ3) is 3.98.